The molecular weight excluding hydrogens is 508 g/mol. The van der Waals surface area contributed by atoms with Gasteiger partial charge in [0.05, 0.1) is 46.1 Å². The zero-order valence-electron chi connectivity index (χ0n) is 21.5. The van der Waals surface area contributed by atoms with Crippen LogP contribution >= 0.6 is 22.7 Å². The molecule has 1 saturated heterocycles. The van der Waals surface area contributed by atoms with E-state index in [1.165, 1.54) is 9.40 Å². The average Bonchev–Trinajstić information content (AvgIpc) is 3.64. The van der Waals surface area contributed by atoms with Crippen molar-refractivity contribution in [2.75, 3.05) is 13.1 Å². The lowest BCUT2D eigenvalue weighted by atomic mass is 10.2. The van der Waals surface area contributed by atoms with Crippen LogP contribution in [0, 0.1) is 0 Å². The number of hydrogen-bond donors (Lipinski definition) is 2. The second kappa shape index (κ2) is 10.3. The lowest BCUT2D eigenvalue weighted by molar-refractivity contribution is -0.119. The zero-order valence-corrected chi connectivity index (χ0v) is 23.2. The number of fused-ring (bicyclic) bond motifs is 1. The number of hydrogen-bond acceptors (Lipinski definition) is 7. The van der Waals surface area contributed by atoms with Crippen molar-refractivity contribution in [2.24, 2.45) is 0 Å². The monoisotopic (exact) mass is 540 g/mol. The smallest absolute Gasteiger partial charge is 0.410 e. The molecule has 1 unspecified atom stereocenters. The number of ether oxygens (including phenoxy) is 1. The van der Waals surface area contributed by atoms with Gasteiger partial charge in [0.2, 0.25) is 6.41 Å². The molecule has 2 amide bonds. The van der Waals surface area contributed by atoms with Crippen LogP contribution in [0.5, 0.6) is 0 Å². The second-order valence-electron chi connectivity index (χ2n) is 10.3. The van der Waals surface area contributed by atoms with E-state index in [-0.39, 0.29) is 12.1 Å². The van der Waals surface area contributed by atoms with Crippen LogP contribution in [0.25, 0.3) is 30.5 Å². The van der Waals surface area contributed by atoms with Gasteiger partial charge in [-0.1, -0.05) is 6.92 Å². The highest BCUT2D eigenvalue weighted by atomic mass is 32.1. The summed E-state index contributed by atoms with van der Waals surface area (Å²) >= 11 is 3.42. The molecule has 1 fully saturated rings. The number of rotatable bonds is 8. The predicted octanol–water partition coefficient (Wildman–Crippen LogP) is 6.18. The van der Waals surface area contributed by atoms with Gasteiger partial charge in [-0.3, -0.25) is 4.79 Å². The van der Waals surface area contributed by atoms with Crippen molar-refractivity contribution in [3.63, 3.8) is 0 Å². The molecule has 1 aliphatic heterocycles. The second-order valence-corrected chi connectivity index (χ2v) is 12.4. The van der Waals surface area contributed by atoms with Gasteiger partial charge < -0.3 is 24.5 Å². The summed E-state index contributed by atoms with van der Waals surface area (Å²) in [5, 5.41) is 0. The van der Waals surface area contributed by atoms with Gasteiger partial charge in [-0.15, -0.1) is 22.7 Å². The van der Waals surface area contributed by atoms with Crippen LogP contribution in [0.2, 0.25) is 0 Å². The highest BCUT2D eigenvalue weighted by Crippen LogP contribution is 2.41. The van der Waals surface area contributed by atoms with Crippen LogP contribution in [-0.4, -0.2) is 60.9 Å². The molecule has 4 aromatic rings. The van der Waals surface area contributed by atoms with Crippen LogP contribution in [0.3, 0.4) is 0 Å². The first-order chi connectivity index (χ1) is 17.7. The third kappa shape index (κ3) is 5.57. The van der Waals surface area contributed by atoms with E-state index in [9.17, 15) is 9.59 Å². The van der Waals surface area contributed by atoms with E-state index in [4.69, 9.17) is 4.74 Å². The van der Waals surface area contributed by atoms with Crippen molar-refractivity contribution in [3.05, 3.63) is 36.2 Å². The third-order valence-electron chi connectivity index (χ3n) is 6.19. The first-order valence-corrected chi connectivity index (χ1v) is 14.2. The first-order valence-electron chi connectivity index (χ1n) is 12.6. The quantitative estimate of drug-likeness (QED) is 0.259. The number of H-pyrrole nitrogens is 2. The van der Waals surface area contributed by atoms with Crippen molar-refractivity contribution in [1.82, 2.24) is 29.7 Å². The highest BCUT2D eigenvalue weighted by Gasteiger charge is 2.27. The van der Waals surface area contributed by atoms with Gasteiger partial charge in [0.15, 0.2) is 0 Å². The van der Waals surface area contributed by atoms with Crippen molar-refractivity contribution in [3.8, 4) is 21.1 Å². The molecule has 9 nitrogen and oxygen atoms in total. The molecule has 37 heavy (non-hydrogen) atoms. The lowest BCUT2D eigenvalue weighted by Gasteiger charge is -2.26. The summed E-state index contributed by atoms with van der Waals surface area (Å²) in [6.45, 7) is 9.41. The number of amides is 2. The third-order valence-corrected chi connectivity index (χ3v) is 8.55. The van der Waals surface area contributed by atoms with Gasteiger partial charge in [-0.25, -0.2) is 14.8 Å². The minimum absolute atomic E-state index is 0.0390. The van der Waals surface area contributed by atoms with E-state index in [0.717, 1.165) is 65.0 Å². The van der Waals surface area contributed by atoms with Gasteiger partial charge in [-0.2, -0.15) is 0 Å². The van der Waals surface area contributed by atoms with Gasteiger partial charge in [-0.05, 0) is 52.2 Å². The molecule has 4 aromatic heterocycles. The summed E-state index contributed by atoms with van der Waals surface area (Å²) in [6, 6.07) is 4.39. The Balaban J connectivity index is 1.29. The number of aromatic nitrogens is 4. The fraction of sp³-hybridized carbons (Fsp3) is 0.462. The molecule has 11 heteroatoms. The Morgan fingerprint density at radius 2 is 1.84 bits per heavy atom. The number of thiophene rings is 2. The van der Waals surface area contributed by atoms with E-state index in [1.54, 1.807) is 27.6 Å². The molecule has 0 aromatic carbocycles. The predicted molar refractivity (Wildman–Crippen MR) is 147 cm³/mol. The fourth-order valence-corrected chi connectivity index (χ4v) is 6.85. The first kappa shape index (κ1) is 25.5. The Bertz CT molecular complexity index is 1360. The Kier molecular flexibility index (Phi) is 7.09. The zero-order chi connectivity index (χ0) is 26.2. The minimum Gasteiger partial charge on any atom is -0.444 e. The maximum absolute atomic E-state index is 12.6. The molecule has 0 aliphatic carbocycles. The molecule has 0 radical (unpaired) electrons. The van der Waals surface area contributed by atoms with Crippen LogP contribution in [0.4, 0.5) is 4.79 Å². The number of nitrogens with one attached hydrogen (secondary N) is 2. The van der Waals surface area contributed by atoms with E-state index in [0.29, 0.717) is 13.1 Å². The Morgan fingerprint density at radius 1 is 1.16 bits per heavy atom. The molecule has 0 saturated carbocycles. The Hall–Kier alpha value is -3.18. The Morgan fingerprint density at radius 3 is 2.49 bits per heavy atom. The molecule has 196 valence electrons. The van der Waals surface area contributed by atoms with Gasteiger partial charge in [0, 0.05) is 22.5 Å². The van der Waals surface area contributed by atoms with Crippen molar-refractivity contribution in [2.45, 2.75) is 65.1 Å². The summed E-state index contributed by atoms with van der Waals surface area (Å²) in [6.07, 6.45) is 7.06. The van der Waals surface area contributed by atoms with Crippen LogP contribution in [0.15, 0.2) is 24.5 Å². The maximum Gasteiger partial charge on any atom is 0.410 e. The van der Waals surface area contributed by atoms with Crippen LogP contribution in [0.1, 0.15) is 64.6 Å². The largest absolute Gasteiger partial charge is 0.444 e. The molecular formula is C26H32N6O3S2. The summed E-state index contributed by atoms with van der Waals surface area (Å²) in [7, 11) is 0. The molecule has 5 rings (SSSR count). The fourth-order valence-electron chi connectivity index (χ4n) is 4.52. The van der Waals surface area contributed by atoms with Gasteiger partial charge in [0.1, 0.15) is 17.2 Å². The Labute approximate surface area is 223 Å². The summed E-state index contributed by atoms with van der Waals surface area (Å²) in [5.74, 6) is 1.58. The number of likely N-dealkylation sites (tertiary alicyclic amines) is 1. The molecule has 2 N–H and O–H groups in total. The molecule has 1 atom stereocenters. The number of imidazole rings is 2. The van der Waals surface area contributed by atoms with E-state index in [2.05, 4.69) is 32.1 Å². The number of nitrogens with zero attached hydrogens (tertiary/aromatic N) is 4. The van der Waals surface area contributed by atoms with E-state index >= 15 is 0 Å². The molecule has 1 aliphatic rings. The SMILES string of the molecule is CCCN(Cc1ncc(-c2cc3sc(-c4cnc(C5CCCN5C=O)[nH]4)cc3s2)[nH]1)C(=O)OC(C)(C)C. The van der Waals surface area contributed by atoms with Crippen molar-refractivity contribution in [1.29, 1.82) is 0 Å². The number of carbonyl (C=O) groups excluding carboxylic acids is 2. The van der Waals surface area contributed by atoms with Gasteiger partial charge in [0.25, 0.3) is 0 Å². The summed E-state index contributed by atoms with van der Waals surface area (Å²) in [4.78, 5) is 45.6. The van der Waals surface area contributed by atoms with Crippen molar-refractivity contribution >= 4 is 44.6 Å². The average molecular weight is 541 g/mol. The minimum atomic E-state index is -0.539. The molecule has 0 spiro atoms. The molecule has 5 heterocycles. The maximum atomic E-state index is 12.6. The standard InChI is InChI=1S/C26H32N6O3S2/c1-5-8-31(25(34)35-26(2,3)4)14-23-27-12-16(29-23)19-10-21-22(36-19)11-20(37-21)17-13-28-24(30-17)18-7-6-9-32(18)15-33/h10-13,15,18H,5-9,14H2,1-4H3,(H,27,29)(H,28,30). The molecule has 0 bridgehead atoms. The van der Waals surface area contributed by atoms with E-state index < -0.39 is 5.60 Å². The normalized spacial score (nSPS) is 16.0. The summed E-state index contributed by atoms with van der Waals surface area (Å²) < 4.78 is 7.95. The number of aromatic amines is 2. The van der Waals surface area contributed by atoms with Crippen molar-refractivity contribution < 1.29 is 14.3 Å². The van der Waals surface area contributed by atoms with E-state index in [1.807, 2.05) is 45.0 Å². The van der Waals surface area contributed by atoms with Crippen LogP contribution in [-0.2, 0) is 16.1 Å². The summed E-state index contributed by atoms with van der Waals surface area (Å²) in [5.41, 5.74) is 1.37. The van der Waals surface area contributed by atoms with Gasteiger partial charge >= 0.3 is 6.09 Å². The topological polar surface area (TPSA) is 107 Å². The number of carbonyl (C=O) groups is 2. The lowest BCUT2D eigenvalue weighted by Crippen LogP contribution is -2.37. The highest BCUT2D eigenvalue weighted by molar-refractivity contribution is 7.31. The van der Waals surface area contributed by atoms with Crippen LogP contribution < -0.4 is 0 Å².